The van der Waals surface area contributed by atoms with Crippen LogP contribution in [0.15, 0.2) is 48.5 Å². The van der Waals surface area contributed by atoms with Crippen molar-refractivity contribution in [2.75, 3.05) is 39.4 Å². The number of fused-ring (bicyclic) bond motifs is 1. The highest BCUT2D eigenvalue weighted by Crippen LogP contribution is 2.21. The van der Waals surface area contributed by atoms with E-state index in [1.807, 2.05) is 12.1 Å². The molecule has 33 heavy (non-hydrogen) atoms. The van der Waals surface area contributed by atoms with E-state index in [9.17, 15) is 14.4 Å². The number of primary amides is 1. The monoisotopic (exact) mass is 450 g/mol. The molecule has 4 rings (SSSR count). The Labute approximate surface area is 193 Å². The Morgan fingerprint density at radius 3 is 2.15 bits per heavy atom. The lowest BCUT2D eigenvalue weighted by atomic mass is 10.1. The molecule has 1 atom stereocenters. The third kappa shape index (κ3) is 5.77. The Kier molecular flexibility index (Phi) is 7.36. The van der Waals surface area contributed by atoms with E-state index in [1.54, 1.807) is 29.2 Å². The average Bonchev–Trinajstić information content (AvgIpc) is 3.27. The summed E-state index contributed by atoms with van der Waals surface area (Å²) in [5.74, 6) is -1.34. The van der Waals surface area contributed by atoms with Crippen molar-refractivity contribution in [1.29, 1.82) is 0 Å². The third-order valence-electron chi connectivity index (χ3n) is 6.31. The number of hydrogen-bond donors (Lipinski definition) is 3. The van der Waals surface area contributed by atoms with Gasteiger partial charge in [-0.15, -0.1) is 0 Å². The van der Waals surface area contributed by atoms with Crippen molar-refractivity contribution in [1.82, 2.24) is 15.5 Å². The van der Waals surface area contributed by atoms with Crippen molar-refractivity contribution < 1.29 is 19.1 Å². The zero-order valence-corrected chi connectivity index (χ0v) is 18.6. The zero-order valence-electron chi connectivity index (χ0n) is 18.6. The Morgan fingerprint density at radius 1 is 0.939 bits per heavy atom. The molecule has 0 radical (unpaired) electrons. The molecule has 4 N–H and O–H groups in total. The first kappa shape index (κ1) is 22.9. The van der Waals surface area contributed by atoms with E-state index in [4.69, 9.17) is 10.5 Å². The molecule has 1 aliphatic carbocycles. The maximum atomic E-state index is 12.6. The number of nitrogens with one attached hydrogen (secondary N) is 2. The van der Waals surface area contributed by atoms with Gasteiger partial charge in [-0.25, -0.2) is 0 Å². The summed E-state index contributed by atoms with van der Waals surface area (Å²) in [6.07, 6.45) is 1.84. The molecule has 2 aliphatic rings. The van der Waals surface area contributed by atoms with Crippen LogP contribution in [0.3, 0.4) is 0 Å². The second-order valence-electron chi connectivity index (χ2n) is 8.57. The largest absolute Gasteiger partial charge is 0.378 e. The molecule has 174 valence electrons. The fourth-order valence-electron chi connectivity index (χ4n) is 4.32. The smallest absolute Gasteiger partial charge is 0.254 e. The molecule has 1 unspecified atom stereocenters. The Morgan fingerprint density at radius 2 is 1.55 bits per heavy atom. The number of benzene rings is 2. The van der Waals surface area contributed by atoms with E-state index >= 15 is 0 Å². The lowest BCUT2D eigenvalue weighted by molar-refractivity contribution is -0.121. The fraction of sp³-hybridized carbons (Fsp3) is 0.400. The first-order valence-electron chi connectivity index (χ1n) is 11.4. The maximum absolute atomic E-state index is 12.6. The van der Waals surface area contributed by atoms with Gasteiger partial charge in [-0.2, -0.15) is 0 Å². The van der Waals surface area contributed by atoms with Gasteiger partial charge in [0.05, 0.1) is 19.1 Å². The molecule has 1 fully saturated rings. The molecule has 0 aromatic heterocycles. The number of carbonyl (C=O) groups excluding carboxylic acids is 3. The molecule has 1 saturated heterocycles. The van der Waals surface area contributed by atoms with Crippen LogP contribution in [0.1, 0.15) is 31.8 Å². The molecule has 3 amide bonds. The number of nitrogens with zero attached hydrogens (tertiary/aromatic N) is 1. The standard InChI is InChI=1S/C25H30N4O4/c26-23(30)21(15-27-22-13-19-3-1-2-4-20(19)14-22)16-28-24(31)17-5-7-18(8-6-17)25(32)29-9-11-33-12-10-29/h1-8,21-22,27H,9-16H2,(H2,26,30)(H,28,31). The van der Waals surface area contributed by atoms with Gasteiger partial charge in [-0.05, 0) is 48.2 Å². The van der Waals surface area contributed by atoms with Gasteiger partial charge in [0, 0.05) is 43.3 Å². The van der Waals surface area contributed by atoms with Crippen molar-refractivity contribution in [2.45, 2.75) is 18.9 Å². The van der Waals surface area contributed by atoms with E-state index in [0.29, 0.717) is 44.0 Å². The first-order valence-corrected chi connectivity index (χ1v) is 11.4. The molecular formula is C25H30N4O4. The lowest BCUT2D eigenvalue weighted by Gasteiger charge is -2.26. The van der Waals surface area contributed by atoms with E-state index in [1.165, 1.54) is 11.1 Å². The highest BCUT2D eigenvalue weighted by atomic mass is 16.5. The van der Waals surface area contributed by atoms with Crippen LogP contribution >= 0.6 is 0 Å². The van der Waals surface area contributed by atoms with Gasteiger partial charge in [0.25, 0.3) is 11.8 Å². The van der Waals surface area contributed by atoms with Crippen LogP contribution in [0.25, 0.3) is 0 Å². The molecule has 0 bridgehead atoms. The normalized spacial score (nSPS) is 16.8. The van der Waals surface area contributed by atoms with Gasteiger partial charge in [-0.3, -0.25) is 14.4 Å². The van der Waals surface area contributed by atoms with Crippen LogP contribution in [-0.4, -0.2) is 68.1 Å². The topological polar surface area (TPSA) is 114 Å². The molecule has 1 aliphatic heterocycles. The second kappa shape index (κ2) is 10.6. The number of carbonyl (C=O) groups is 3. The highest BCUT2D eigenvalue weighted by molar-refractivity contribution is 5.98. The second-order valence-corrected chi connectivity index (χ2v) is 8.57. The average molecular weight is 451 g/mol. The summed E-state index contributed by atoms with van der Waals surface area (Å²) in [5, 5.41) is 6.21. The van der Waals surface area contributed by atoms with Gasteiger partial charge in [-0.1, -0.05) is 24.3 Å². The maximum Gasteiger partial charge on any atom is 0.254 e. The minimum absolute atomic E-state index is 0.0702. The summed E-state index contributed by atoms with van der Waals surface area (Å²) in [4.78, 5) is 38.8. The number of rotatable bonds is 8. The Balaban J connectivity index is 1.26. The highest BCUT2D eigenvalue weighted by Gasteiger charge is 2.24. The molecule has 8 nitrogen and oxygen atoms in total. The SMILES string of the molecule is NC(=O)C(CNC(=O)c1ccc(C(=O)N2CCOCC2)cc1)CNC1Cc2ccccc2C1. The van der Waals surface area contributed by atoms with Gasteiger partial charge in [0.2, 0.25) is 5.91 Å². The fourth-order valence-corrected chi connectivity index (χ4v) is 4.32. The third-order valence-corrected chi connectivity index (χ3v) is 6.31. The number of hydrogen-bond acceptors (Lipinski definition) is 5. The summed E-state index contributed by atoms with van der Waals surface area (Å²) in [6, 6.07) is 15.1. The van der Waals surface area contributed by atoms with Crippen molar-refractivity contribution >= 4 is 17.7 Å². The molecule has 1 heterocycles. The lowest BCUT2D eigenvalue weighted by Crippen LogP contribution is -2.44. The number of ether oxygens (including phenoxy) is 1. The van der Waals surface area contributed by atoms with Gasteiger partial charge >= 0.3 is 0 Å². The van der Waals surface area contributed by atoms with E-state index in [-0.39, 0.29) is 24.4 Å². The van der Waals surface area contributed by atoms with Gasteiger partial charge < -0.3 is 26.0 Å². The molecule has 2 aromatic rings. The van der Waals surface area contributed by atoms with E-state index < -0.39 is 11.8 Å². The predicted octanol–water partition coefficient (Wildman–Crippen LogP) is 0.747. The van der Waals surface area contributed by atoms with Crippen molar-refractivity contribution in [3.63, 3.8) is 0 Å². The summed E-state index contributed by atoms with van der Waals surface area (Å²) in [7, 11) is 0. The number of amides is 3. The van der Waals surface area contributed by atoms with E-state index in [2.05, 4.69) is 22.8 Å². The molecule has 2 aromatic carbocycles. The molecule has 0 saturated carbocycles. The van der Waals surface area contributed by atoms with Gasteiger partial charge in [0.15, 0.2) is 0 Å². The minimum Gasteiger partial charge on any atom is -0.378 e. The van der Waals surface area contributed by atoms with Crippen LogP contribution < -0.4 is 16.4 Å². The Hall–Kier alpha value is -3.23. The van der Waals surface area contributed by atoms with Crippen molar-refractivity contribution in [3.8, 4) is 0 Å². The summed E-state index contributed by atoms with van der Waals surface area (Å²) in [6.45, 7) is 2.76. The molecule has 0 spiro atoms. The summed E-state index contributed by atoms with van der Waals surface area (Å²) in [5.41, 5.74) is 9.19. The van der Waals surface area contributed by atoms with Crippen LogP contribution in [-0.2, 0) is 22.4 Å². The van der Waals surface area contributed by atoms with Crippen molar-refractivity contribution in [3.05, 3.63) is 70.8 Å². The minimum atomic E-state index is -0.514. The van der Waals surface area contributed by atoms with Crippen LogP contribution in [0.5, 0.6) is 0 Å². The zero-order chi connectivity index (χ0) is 23.2. The predicted molar refractivity (Wildman–Crippen MR) is 124 cm³/mol. The van der Waals surface area contributed by atoms with Crippen LogP contribution in [0, 0.1) is 5.92 Å². The quantitative estimate of drug-likeness (QED) is 0.549. The number of morpholine rings is 1. The van der Waals surface area contributed by atoms with Gasteiger partial charge in [0.1, 0.15) is 0 Å². The summed E-state index contributed by atoms with van der Waals surface area (Å²) >= 11 is 0. The van der Waals surface area contributed by atoms with E-state index in [0.717, 1.165) is 12.8 Å². The van der Waals surface area contributed by atoms with Crippen LogP contribution in [0.2, 0.25) is 0 Å². The first-order chi connectivity index (χ1) is 16.0. The Bertz CT molecular complexity index is 977. The molecular weight excluding hydrogens is 420 g/mol. The van der Waals surface area contributed by atoms with Crippen LogP contribution in [0.4, 0.5) is 0 Å². The number of nitrogens with two attached hydrogens (primary N) is 1. The summed E-state index contributed by atoms with van der Waals surface area (Å²) < 4.78 is 5.28. The molecule has 8 heteroatoms. The van der Waals surface area contributed by atoms with Crippen molar-refractivity contribution in [2.24, 2.45) is 11.7 Å².